The summed E-state index contributed by atoms with van der Waals surface area (Å²) in [6, 6.07) is 0. The van der Waals surface area contributed by atoms with Gasteiger partial charge in [0.15, 0.2) is 8.32 Å². The number of hydrogen-bond acceptors (Lipinski definition) is 3. The SMILES string of the molecule is CC(CCCO[Si](C)(C)C(C)(C)C)B1OC(C)(C)C(C)(C)O1. The van der Waals surface area contributed by atoms with Crippen molar-refractivity contribution in [2.24, 2.45) is 0 Å². The lowest BCUT2D eigenvalue weighted by Crippen LogP contribution is -2.41. The van der Waals surface area contributed by atoms with Crippen LogP contribution in [-0.2, 0) is 13.7 Å². The zero-order valence-electron chi connectivity index (χ0n) is 16.5. The van der Waals surface area contributed by atoms with Gasteiger partial charge >= 0.3 is 7.12 Å². The molecule has 1 heterocycles. The third-order valence-electron chi connectivity index (χ3n) is 5.81. The maximum atomic E-state index is 6.25. The second-order valence-electron chi connectivity index (χ2n) is 9.35. The van der Waals surface area contributed by atoms with Gasteiger partial charge in [0.25, 0.3) is 0 Å². The molecule has 22 heavy (non-hydrogen) atoms. The molecule has 0 aromatic rings. The van der Waals surface area contributed by atoms with Crippen LogP contribution in [-0.4, -0.2) is 33.2 Å². The first-order valence-electron chi connectivity index (χ1n) is 8.69. The Kier molecular flexibility index (Phi) is 6.04. The van der Waals surface area contributed by atoms with Gasteiger partial charge < -0.3 is 13.7 Å². The van der Waals surface area contributed by atoms with E-state index in [-0.39, 0.29) is 23.4 Å². The summed E-state index contributed by atoms with van der Waals surface area (Å²) < 4.78 is 18.5. The van der Waals surface area contributed by atoms with E-state index in [0.29, 0.717) is 5.82 Å². The van der Waals surface area contributed by atoms with Gasteiger partial charge in [0.05, 0.1) is 11.2 Å². The molecule has 0 radical (unpaired) electrons. The lowest BCUT2D eigenvalue weighted by Gasteiger charge is -2.36. The quantitative estimate of drug-likeness (QED) is 0.491. The lowest BCUT2D eigenvalue weighted by molar-refractivity contribution is 0.00578. The summed E-state index contributed by atoms with van der Waals surface area (Å²) in [5, 5.41) is 0.282. The highest BCUT2D eigenvalue weighted by Crippen LogP contribution is 2.41. The highest BCUT2D eigenvalue weighted by molar-refractivity contribution is 6.74. The summed E-state index contributed by atoms with van der Waals surface area (Å²) in [5.41, 5.74) is -0.465. The minimum Gasteiger partial charge on any atom is -0.417 e. The Hall–Kier alpha value is 0.162. The van der Waals surface area contributed by atoms with Gasteiger partial charge in [0, 0.05) is 6.61 Å². The second kappa shape index (κ2) is 6.58. The van der Waals surface area contributed by atoms with Crippen molar-refractivity contribution < 1.29 is 13.7 Å². The van der Waals surface area contributed by atoms with Gasteiger partial charge in [-0.05, 0) is 58.1 Å². The molecule has 1 atom stereocenters. The van der Waals surface area contributed by atoms with E-state index in [0.717, 1.165) is 19.4 Å². The fraction of sp³-hybridized carbons (Fsp3) is 1.00. The second-order valence-corrected chi connectivity index (χ2v) is 14.2. The van der Waals surface area contributed by atoms with Crippen molar-refractivity contribution in [1.82, 2.24) is 0 Å². The molecule has 1 fully saturated rings. The van der Waals surface area contributed by atoms with Gasteiger partial charge in [-0.3, -0.25) is 0 Å². The maximum Gasteiger partial charge on any atom is 0.460 e. The van der Waals surface area contributed by atoms with Crippen LogP contribution in [0.3, 0.4) is 0 Å². The molecule has 0 aliphatic carbocycles. The molecule has 0 aromatic heterocycles. The largest absolute Gasteiger partial charge is 0.460 e. The Morgan fingerprint density at radius 1 is 1.05 bits per heavy atom. The van der Waals surface area contributed by atoms with Crippen LogP contribution in [0, 0.1) is 0 Å². The van der Waals surface area contributed by atoms with Crippen LogP contribution in [0.5, 0.6) is 0 Å². The molecular weight excluding hydrogens is 291 g/mol. The van der Waals surface area contributed by atoms with Gasteiger partial charge in [0.1, 0.15) is 0 Å². The molecule has 1 saturated heterocycles. The molecule has 3 nitrogen and oxygen atoms in total. The minimum atomic E-state index is -1.62. The minimum absolute atomic E-state index is 0.0992. The third-order valence-corrected chi connectivity index (χ3v) is 10.3. The molecule has 0 spiro atoms. The predicted molar refractivity (Wildman–Crippen MR) is 97.9 cm³/mol. The van der Waals surface area contributed by atoms with Gasteiger partial charge in [-0.2, -0.15) is 0 Å². The smallest absolute Gasteiger partial charge is 0.417 e. The van der Waals surface area contributed by atoms with Gasteiger partial charge in [0.2, 0.25) is 0 Å². The van der Waals surface area contributed by atoms with E-state index in [1.54, 1.807) is 0 Å². The van der Waals surface area contributed by atoms with Crippen LogP contribution in [0.1, 0.15) is 68.2 Å². The molecule has 0 aromatic carbocycles. The molecule has 5 heteroatoms. The van der Waals surface area contributed by atoms with Crippen LogP contribution in [0.25, 0.3) is 0 Å². The van der Waals surface area contributed by atoms with Gasteiger partial charge in [-0.1, -0.05) is 34.1 Å². The summed E-state index contributed by atoms with van der Waals surface area (Å²) in [5.74, 6) is 0.393. The van der Waals surface area contributed by atoms with Crippen LogP contribution >= 0.6 is 0 Å². The predicted octanol–water partition coefficient (Wildman–Crippen LogP) is 5.27. The monoisotopic (exact) mass is 328 g/mol. The van der Waals surface area contributed by atoms with Gasteiger partial charge in [-0.15, -0.1) is 0 Å². The Morgan fingerprint density at radius 3 is 1.91 bits per heavy atom. The van der Waals surface area contributed by atoms with E-state index in [1.165, 1.54) is 0 Å². The molecule has 1 aliphatic rings. The lowest BCUT2D eigenvalue weighted by atomic mass is 9.71. The number of hydrogen-bond donors (Lipinski definition) is 0. The van der Waals surface area contributed by atoms with Crippen LogP contribution in [0.15, 0.2) is 0 Å². The summed E-state index contributed by atoms with van der Waals surface area (Å²) in [6.07, 6.45) is 2.14. The Morgan fingerprint density at radius 2 is 1.50 bits per heavy atom. The fourth-order valence-corrected chi connectivity index (χ4v) is 3.29. The molecule has 0 saturated carbocycles. The van der Waals surface area contributed by atoms with Crippen LogP contribution in [0.2, 0.25) is 23.9 Å². The normalized spacial score (nSPS) is 22.9. The van der Waals surface area contributed by atoms with E-state index in [1.807, 2.05) is 0 Å². The molecule has 0 N–H and O–H groups in total. The summed E-state index contributed by atoms with van der Waals surface area (Å²) in [4.78, 5) is 0. The van der Waals surface area contributed by atoms with Crippen molar-refractivity contribution in [1.29, 1.82) is 0 Å². The van der Waals surface area contributed by atoms with Crippen molar-refractivity contribution in [3.63, 3.8) is 0 Å². The van der Waals surface area contributed by atoms with Crippen molar-refractivity contribution >= 4 is 15.4 Å². The Bertz CT molecular complexity index is 359. The fourth-order valence-electron chi connectivity index (χ4n) is 2.21. The zero-order chi connectivity index (χ0) is 17.4. The van der Waals surface area contributed by atoms with E-state index < -0.39 is 8.32 Å². The molecule has 130 valence electrons. The first-order chi connectivity index (χ1) is 9.70. The van der Waals surface area contributed by atoms with Crippen molar-refractivity contribution in [3.05, 3.63) is 0 Å². The topological polar surface area (TPSA) is 27.7 Å². The summed E-state index contributed by atoms with van der Waals surface area (Å²) in [6.45, 7) is 23.0. The average molecular weight is 328 g/mol. The van der Waals surface area contributed by atoms with Crippen molar-refractivity contribution in [2.45, 2.75) is 103 Å². The summed E-state index contributed by atoms with van der Waals surface area (Å²) in [7, 11) is -1.72. The third kappa shape index (κ3) is 4.59. The van der Waals surface area contributed by atoms with Crippen LogP contribution in [0.4, 0.5) is 0 Å². The van der Waals surface area contributed by atoms with Gasteiger partial charge in [-0.25, -0.2) is 0 Å². The van der Waals surface area contributed by atoms with Crippen molar-refractivity contribution in [3.8, 4) is 0 Å². The molecular formula is C17H37BO3Si. The maximum absolute atomic E-state index is 6.25. The van der Waals surface area contributed by atoms with Crippen molar-refractivity contribution in [2.75, 3.05) is 6.61 Å². The molecule has 0 bridgehead atoms. The molecule has 1 aliphatic heterocycles. The van der Waals surface area contributed by atoms with E-state index in [2.05, 4.69) is 68.5 Å². The Balaban J connectivity index is 2.38. The van der Waals surface area contributed by atoms with E-state index >= 15 is 0 Å². The van der Waals surface area contributed by atoms with E-state index in [4.69, 9.17) is 13.7 Å². The number of rotatable bonds is 6. The zero-order valence-corrected chi connectivity index (χ0v) is 17.5. The standard InChI is InChI=1S/C17H37BO3Si/c1-14(18-20-16(5,6)17(7,8)21-18)12-11-13-19-22(9,10)15(2,3)4/h14H,11-13H2,1-10H3. The first-order valence-corrected chi connectivity index (χ1v) is 11.6. The average Bonchev–Trinajstić information content (AvgIpc) is 2.52. The summed E-state index contributed by atoms with van der Waals surface area (Å²) >= 11 is 0. The molecule has 1 rings (SSSR count). The molecule has 1 unspecified atom stereocenters. The van der Waals surface area contributed by atoms with Crippen LogP contribution < -0.4 is 0 Å². The Labute approximate surface area is 139 Å². The first kappa shape index (κ1) is 20.2. The highest BCUT2D eigenvalue weighted by atomic mass is 28.4. The molecule has 0 amide bonds. The van der Waals surface area contributed by atoms with E-state index in [9.17, 15) is 0 Å². The highest BCUT2D eigenvalue weighted by Gasteiger charge is 2.52.